The fraction of sp³-hybridized carbons (Fsp3) is 0.833. The molecule has 4 fully saturated rings. The first-order chi connectivity index (χ1) is 18.6. The third kappa shape index (κ3) is 4.83. The van der Waals surface area contributed by atoms with Crippen molar-refractivity contribution in [2.45, 2.75) is 115 Å². The third-order valence-electron chi connectivity index (χ3n) is 10.4. The number of ether oxygens (including phenoxy) is 3. The van der Waals surface area contributed by atoms with E-state index >= 15 is 0 Å². The SMILES string of the molecule is C=C[C@@]1(C)CC(=O)[C@]2(O)[C@@]3(C)[C@@H](O)CCC(C)(C)[C@@H]3[C@H](O)[C@H](OC(=O)COC(=O)CN3CCCCCC3)[C@@]2(C)O1. The molecule has 3 N–H and O–H groups in total. The normalized spacial score (nSPS) is 43.5. The Kier molecular flexibility index (Phi) is 8.37. The van der Waals surface area contributed by atoms with Crippen molar-refractivity contribution >= 4 is 17.7 Å². The number of nitrogens with zero attached hydrogens (tertiary/aromatic N) is 1. The Hall–Kier alpha value is -1.85. The van der Waals surface area contributed by atoms with Gasteiger partial charge in [0.1, 0.15) is 5.60 Å². The topological polar surface area (TPSA) is 143 Å². The lowest BCUT2D eigenvalue weighted by molar-refractivity contribution is -0.370. The van der Waals surface area contributed by atoms with Gasteiger partial charge in [0.15, 0.2) is 24.1 Å². The summed E-state index contributed by atoms with van der Waals surface area (Å²) in [7, 11) is 0. The first kappa shape index (κ1) is 31.1. The predicted molar refractivity (Wildman–Crippen MR) is 145 cm³/mol. The van der Waals surface area contributed by atoms with E-state index in [2.05, 4.69) is 6.58 Å². The number of hydrogen-bond donors (Lipinski definition) is 3. The van der Waals surface area contributed by atoms with Crippen LogP contribution in [0.15, 0.2) is 12.7 Å². The van der Waals surface area contributed by atoms with Crippen LogP contribution < -0.4 is 0 Å². The molecule has 2 heterocycles. The molecule has 10 heteroatoms. The zero-order valence-electron chi connectivity index (χ0n) is 24.6. The van der Waals surface area contributed by atoms with Crippen molar-refractivity contribution in [2.24, 2.45) is 16.7 Å². The van der Waals surface area contributed by atoms with E-state index in [9.17, 15) is 29.7 Å². The lowest BCUT2D eigenvalue weighted by Gasteiger charge is -2.71. The monoisotopic (exact) mass is 565 g/mol. The van der Waals surface area contributed by atoms with Gasteiger partial charge in [-0.25, -0.2) is 4.79 Å². The maximum Gasteiger partial charge on any atom is 0.344 e. The molecule has 0 spiro atoms. The zero-order chi connectivity index (χ0) is 29.7. The minimum atomic E-state index is -2.31. The van der Waals surface area contributed by atoms with Crippen LogP contribution in [-0.2, 0) is 28.6 Å². The molecule has 4 aliphatic rings. The second kappa shape index (κ2) is 10.8. The van der Waals surface area contributed by atoms with E-state index in [-0.39, 0.29) is 13.0 Å². The van der Waals surface area contributed by atoms with Crippen LogP contribution in [0, 0.1) is 16.7 Å². The molecule has 0 bridgehead atoms. The van der Waals surface area contributed by atoms with Crippen LogP contribution in [-0.4, -0.2) is 99.3 Å². The van der Waals surface area contributed by atoms with Crippen LogP contribution in [0.2, 0.25) is 0 Å². The number of rotatable bonds is 6. The van der Waals surface area contributed by atoms with Crippen molar-refractivity contribution in [1.82, 2.24) is 4.90 Å². The third-order valence-corrected chi connectivity index (χ3v) is 10.4. The minimum Gasteiger partial charge on any atom is -0.454 e. The number of carbonyl (C=O) groups excluding carboxylic acids is 3. The summed E-state index contributed by atoms with van der Waals surface area (Å²) in [5, 5.41) is 35.7. The fourth-order valence-corrected chi connectivity index (χ4v) is 8.32. The standard InChI is InChI=1S/C30H47NO9/c1-7-27(4)16-20(33)30(37)28(5)19(32)12-13-26(2,3)24(28)23(36)25(29(30,6)40-27)39-22(35)18-38-21(34)17-31-14-10-8-9-11-15-31/h7,19,23-25,32,36-37H,1,8-18H2,2-6H3/t19-,23-,24-,25-,27-,28-,29+,30-/m0/s1. The molecule has 40 heavy (non-hydrogen) atoms. The van der Waals surface area contributed by atoms with E-state index in [1.165, 1.54) is 13.0 Å². The average Bonchev–Trinajstić information content (AvgIpc) is 3.14. The lowest BCUT2D eigenvalue weighted by atomic mass is 9.40. The number of aliphatic hydroxyl groups excluding tert-OH is 2. The molecule has 4 rings (SSSR count). The Morgan fingerprint density at radius 2 is 1.70 bits per heavy atom. The number of fused-ring (bicyclic) bond motifs is 3. The van der Waals surface area contributed by atoms with Gasteiger partial charge in [-0.05, 0) is 58.0 Å². The number of ketones is 1. The first-order valence-electron chi connectivity index (χ1n) is 14.6. The number of esters is 2. The van der Waals surface area contributed by atoms with Crippen molar-refractivity contribution in [1.29, 1.82) is 0 Å². The highest BCUT2D eigenvalue weighted by molar-refractivity contribution is 5.92. The maximum absolute atomic E-state index is 13.9. The molecule has 2 saturated heterocycles. The van der Waals surface area contributed by atoms with Gasteiger partial charge in [0.05, 0.1) is 24.4 Å². The number of aliphatic hydroxyl groups is 3. The van der Waals surface area contributed by atoms with E-state index in [0.29, 0.717) is 12.8 Å². The summed E-state index contributed by atoms with van der Waals surface area (Å²) < 4.78 is 17.4. The molecule has 2 aliphatic heterocycles. The van der Waals surface area contributed by atoms with Gasteiger partial charge in [-0.3, -0.25) is 14.5 Å². The fourth-order valence-electron chi connectivity index (χ4n) is 8.32. The van der Waals surface area contributed by atoms with E-state index in [1.807, 2.05) is 18.7 Å². The first-order valence-corrected chi connectivity index (χ1v) is 14.6. The van der Waals surface area contributed by atoms with Crippen LogP contribution in [0.25, 0.3) is 0 Å². The summed E-state index contributed by atoms with van der Waals surface area (Å²) in [4.78, 5) is 41.5. The number of likely N-dealkylation sites (tertiary alicyclic amines) is 1. The van der Waals surface area contributed by atoms with Crippen molar-refractivity contribution in [2.75, 3.05) is 26.2 Å². The smallest absolute Gasteiger partial charge is 0.344 e. The molecule has 8 atom stereocenters. The quantitative estimate of drug-likeness (QED) is 0.323. The number of Topliss-reactive ketones (excluding diaryl/α,β-unsaturated/α-hetero) is 1. The highest BCUT2D eigenvalue weighted by atomic mass is 16.6. The maximum atomic E-state index is 13.9. The van der Waals surface area contributed by atoms with Gasteiger partial charge in [-0.15, -0.1) is 6.58 Å². The highest BCUT2D eigenvalue weighted by Crippen LogP contribution is 2.67. The molecule has 10 nitrogen and oxygen atoms in total. The van der Waals surface area contributed by atoms with Gasteiger partial charge in [0, 0.05) is 17.8 Å². The molecule has 0 aromatic heterocycles. The molecular weight excluding hydrogens is 518 g/mol. The van der Waals surface area contributed by atoms with Crippen LogP contribution >= 0.6 is 0 Å². The second-order valence-corrected chi connectivity index (χ2v) is 13.6. The second-order valence-electron chi connectivity index (χ2n) is 13.6. The Bertz CT molecular complexity index is 1020. The van der Waals surface area contributed by atoms with E-state index in [1.54, 1.807) is 13.8 Å². The molecular formula is C30H47NO9. The van der Waals surface area contributed by atoms with E-state index in [0.717, 1.165) is 38.8 Å². The summed E-state index contributed by atoms with van der Waals surface area (Å²) in [5.74, 6) is -2.90. The Balaban J connectivity index is 1.63. The van der Waals surface area contributed by atoms with E-state index < -0.39 is 76.2 Å². The van der Waals surface area contributed by atoms with E-state index in [4.69, 9.17) is 14.2 Å². The van der Waals surface area contributed by atoms with Gasteiger partial charge in [0.2, 0.25) is 0 Å². The average molecular weight is 566 g/mol. The van der Waals surface area contributed by atoms with Crippen LogP contribution in [0.4, 0.5) is 0 Å². The summed E-state index contributed by atoms with van der Waals surface area (Å²) in [6.07, 6.45) is 2.30. The molecule has 0 aromatic rings. The zero-order valence-corrected chi connectivity index (χ0v) is 24.6. The predicted octanol–water partition coefficient (Wildman–Crippen LogP) is 1.92. The van der Waals surface area contributed by atoms with Gasteiger partial charge >= 0.3 is 11.9 Å². The number of hydrogen-bond acceptors (Lipinski definition) is 10. The molecule has 2 aliphatic carbocycles. The van der Waals surface area contributed by atoms with Crippen molar-refractivity contribution in [3.05, 3.63) is 12.7 Å². The lowest BCUT2D eigenvalue weighted by Crippen LogP contribution is -2.86. The van der Waals surface area contributed by atoms with Crippen molar-refractivity contribution < 1.29 is 43.9 Å². The Labute approximate surface area is 237 Å². The molecule has 0 radical (unpaired) electrons. The Morgan fingerprint density at radius 1 is 1.07 bits per heavy atom. The largest absolute Gasteiger partial charge is 0.454 e. The van der Waals surface area contributed by atoms with Gasteiger partial charge < -0.3 is 29.5 Å². The summed E-state index contributed by atoms with van der Waals surface area (Å²) in [6, 6.07) is 0. The highest BCUT2D eigenvalue weighted by Gasteiger charge is 2.81. The van der Waals surface area contributed by atoms with Crippen molar-refractivity contribution in [3.63, 3.8) is 0 Å². The molecule has 0 amide bonds. The van der Waals surface area contributed by atoms with Crippen LogP contribution in [0.5, 0.6) is 0 Å². The Morgan fingerprint density at radius 3 is 2.30 bits per heavy atom. The molecule has 226 valence electrons. The number of carbonyl (C=O) groups is 3. The summed E-state index contributed by atoms with van der Waals surface area (Å²) >= 11 is 0. The van der Waals surface area contributed by atoms with Gasteiger partial charge in [-0.2, -0.15) is 0 Å². The van der Waals surface area contributed by atoms with Crippen LogP contribution in [0.3, 0.4) is 0 Å². The van der Waals surface area contributed by atoms with Crippen LogP contribution in [0.1, 0.15) is 79.6 Å². The molecule has 2 saturated carbocycles. The van der Waals surface area contributed by atoms with Gasteiger partial charge in [-0.1, -0.05) is 39.7 Å². The minimum absolute atomic E-state index is 0.0681. The summed E-state index contributed by atoms with van der Waals surface area (Å²) in [5.41, 5.74) is -7.62. The molecule has 0 unspecified atom stereocenters. The van der Waals surface area contributed by atoms with Crippen molar-refractivity contribution in [3.8, 4) is 0 Å². The summed E-state index contributed by atoms with van der Waals surface area (Å²) in [6.45, 7) is 13.2. The van der Waals surface area contributed by atoms with Gasteiger partial charge in [0.25, 0.3) is 0 Å². The molecule has 0 aromatic carbocycles.